The molecule has 0 atom stereocenters. The Morgan fingerprint density at radius 1 is 1.18 bits per heavy atom. The van der Waals surface area contributed by atoms with Gasteiger partial charge in [-0.1, -0.05) is 17.7 Å². The van der Waals surface area contributed by atoms with E-state index in [1.54, 1.807) is 0 Å². The van der Waals surface area contributed by atoms with Crippen LogP contribution < -0.4 is 5.32 Å². The van der Waals surface area contributed by atoms with Crippen molar-refractivity contribution in [3.05, 3.63) is 46.8 Å². The van der Waals surface area contributed by atoms with Crippen molar-refractivity contribution in [3.8, 4) is 5.69 Å². The second-order valence-electron chi connectivity index (χ2n) is 4.50. The summed E-state index contributed by atoms with van der Waals surface area (Å²) in [4.78, 5) is 0. The van der Waals surface area contributed by atoms with E-state index in [-0.39, 0.29) is 0 Å². The molecular weight excluding hydrogens is 210 g/mol. The maximum absolute atomic E-state index is 4.54. The summed E-state index contributed by atoms with van der Waals surface area (Å²) >= 11 is 0. The Kier molecular flexibility index (Phi) is 3.29. The Hall–Kier alpha value is -1.61. The van der Waals surface area contributed by atoms with Crippen LogP contribution in [0.25, 0.3) is 5.69 Å². The van der Waals surface area contributed by atoms with E-state index >= 15 is 0 Å². The molecule has 0 bridgehead atoms. The summed E-state index contributed by atoms with van der Waals surface area (Å²) in [6.07, 6.45) is 0. The summed E-state index contributed by atoms with van der Waals surface area (Å²) in [6, 6.07) is 8.58. The number of benzene rings is 1. The molecule has 0 saturated carbocycles. The normalized spacial score (nSPS) is 10.8. The van der Waals surface area contributed by atoms with Crippen LogP contribution in [0.1, 0.15) is 22.5 Å². The van der Waals surface area contributed by atoms with Gasteiger partial charge in [0.05, 0.1) is 11.4 Å². The Labute approximate surface area is 102 Å². The highest BCUT2D eigenvalue weighted by Gasteiger charge is 2.08. The van der Waals surface area contributed by atoms with Crippen molar-refractivity contribution in [2.45, 2.75) is 27.3 Å². The fourth-order valence-electron chi connectivity index (χ4n) is 2.13. The van der Waals surface area contributed by atoms with Gasteiger partial charge in [-0.05, 0) is 45.5 Å². The smallest absolute Gasteiger partial charge is 0.0693 e. The first-order valence-corrected chi connectivity index (χ1v) is 5.89. The number of hydrogen-bond donors (Lipinski definition) is 1. The molecular formula is C14H19N3. The van der Waals surface area contributed by atoms with Crippen LogP contribution in [0.2, 0.25) is 0 Å². The van der Waals surface area contributed by atoms with E-state index in [0.29, 0.717) is 0 Å². The average molecular weight is 229 g/mol. The second-order valence-corrected chi connectivity index (χ2v) is 4.50. The molecule has 0 aliphatic rings. The van der Waals surface area contributed by atoms with E-state index in [4.69, 9.17) is 0 Å². The molecule has 90 valence electrons. The topological polar surface area (TPSA) is 29.9 Å². The van der Waals surface area contributed by atoms with Gasteiger partial charge >= 0.3 is 0 Å². The second kappa shape index (κ2) is 4.72. The van der Waals surface area contributed by atoms with E-state index in [2.05, 4.69) is 48.5 Å². The molecule has 0 unspecified atom stereocenters. The van der Waals surface area contributed by atoms with Crippen LogP contribution in [0, 0.1) is 20.8 Å². The average Bonchev–Trinajstić information content (AvgIpc) is 2.59. The number of nitrogens with one attached hydrogen (secondary N) is 1. The monoisotopic (exact) mass is 229 g/mol. The SMILES string of the molecule is CNCc1cc(C)ccc1-n1nc(C)cc1C. The lowest BCUT2D eigenvalue weighted by atomic mass is 10.1. The quantitative estimate of drug-likeness (QED) is 0.876. The largest absolute Gasteiger partial charge is 0.316 e. The molecule has 1 heterocycles. The number of rotatable bonds is 3. The number of aryl methyl sites for hydroxylation is 3. The van der Waals surface area contributed by atoms with Crippen molar-refractivity contribution in [3.63, 3.8) is 0 Å². The van der Waals surface area contributed by atoms with Gasteiger partial charge in [-0.2, -0.15) is 5.10 Å². The third kappa shape index (κ3) is 2.39. The summed E-state index contributed by atoms with van der Waals surface area (Å²) in [5.74, 6) is 0. The molecule has 0 fully saturated rings. The van der Waals surface area contributed by atoms with Crippen LogP contribution in [0.3, 0.4) is 0 Å². The van der Waals surface area contributed by atoms with E-state index in [9.17, 15) is 0 Å². The molecule has 0 radical (unpaired) electrons. The van der Waals surface area contributed by atoms with E-state index < -0.39 is 0 Å². The highest BCUT2D eigenvalue weighted by Crippen LogP contribution is 2.18. The predicted molar refractivity (Wildman–Crippen MR) is 70.5 cm³/mol. The van der Waals surface area contributed by atoms with Crippen LogP contribution in [0.15, 0.2) is 24.3 Å². The molecule has 3 heteroatoms. The van der Waals surface area contributed by atoms with Gasteiger partial charge in [0, 0.05) is 12.2 Å². The minimum atomic E-state index is 0.857. The van der Waals surface area contributed by atoms with Crippen LogP contribution in [-0.2, 0) is 6.54 Å². The zero-order valence-corrected chi connectivity index (χ0v) is 10.9. The Morgan fingerprint density at radius 3 is 2.53 bits per heavy atom. The molecule has 0 amide bonds. The highest BCUT2D eigenvalue weighted by atomic mass is 15.3. The summed E-state index contributed by atoms with van der Waals surface area (Å²) in [7, 11) is 1.97. The molecule has 1 N–H and O–H groups in total. The number of aromatic nitrogens is 2. The van der Waals surface area contributed by atoms with Crippen LogP contribution in [-0.4, -0.2) is 16.8 Å². The van der Waals surface area contributed by atoms with Gasteiger partial charge in [-0.3, -0.25) is 0 Å². The molecule has 0 spiro atoms. The van der Waals surface area contributed by atoms with Crippen molar-refractivity contribution < 1.29 is 0 Å². The minimum absolute atomic E-state index is 0.857. The Balaban J connectivity index is 2.54. The summed E-state index contributed by atoms with van der Waals surface area (Å²) in [6.45, 7) is 7.08. The van der Waals surface area contributed by atoms with Crippen LogP contribution in [0.5, 0.6) is 0 Å². The molecule has 1 aromatic carbocycles. The molecule has 0 aliphatic carbocycles. The molecule has 0 aliphatic heterocycles. The van der Waals surface area contributed by atoms with Crippen molar-refractivity contribution in [1.29, 1.82) is 0 Å². The first kappa shape index (κ1) is 11.9. The Bertz CT molecular complexity index is 526. The van der Waals surface area contributed by atoms with Crippen LogP contribution in [0.4, 0.5) is 0 Å². The van der Waals surface area contributed by atoms with Crippen molar-refractivity contribution in [1.82, 2.24) is 15.1 Å². The molecule has 3 nitrogen and oxygen atoms in total. The highest BCUT2D eigenvalue weighted by molar-refractivity contribution is 5.44. The zero-order chi connectivity index (χ0) is 12.4. The fraction of sp³-hybridized carbons (Fsp3) is 0.357. The molecule has 2 aromatic rings. The van der Waals surface area contributed by atoms with Crippen molar-refractivity contribution >= 4 is 0 Å². The Morgan fingerprint density at radius 2 is 1.94 bits per heavy atom. The summed E-state index contributed by atoms with van der Waals surface area (Å²) in [5, 5.41) is 7.75. The maximum atomic E-state index is 4.54. The van der Waals surface area contributed by atoms with E-state index in [1.165, 1.54) is 16.8 Å². The molecule has 1 aromatic heterocycles. The van der Waals surface area contributed by atoms with E-state index in [1.807, 2.05) is 18.7 Å². The third-order valence-corrected chi connectivity index (χ3v) is 2.84. The maximum Gasteiger partial charge on any atom is 0.0693 e. The first-order chi connectivity index (χ1) is 8.11. The lowest BCUT2D eigenvalue weighted by Gasteiger charge is -2.12. The predicted octanol–water partition coefficient (Wildman–Crippen LogP) is 2.52. The zero-order valence-electron chi connectivity index (χ0n) is 10.9. The van der Waals surface area contributed by atoms with Gasteiger partial charge in [0.25, 0.3) is 0 Å². The van der Waals surface area contributed by atoms with Gasteiger partial charge in [-0.25, -0.2) is 4.68 Å². The molecule has 2 rings (SSSR count). The first-order valence-electron chi connectivity index (χ1n) is 5.89. The van der Waals surface area contributed by atoms with Crippen molar-refractivity contribution in [2.75, 3.05) is 7.05 Å². The van der Waals surface area contributed by atoms with Crippen LogP contribution >= 0.6 is 0 Å². The molecule has 0 saturated heterocycles. The van der Waals surface area contributed by atoms with Gasteiger partial charge < -0.3 is 5.32 Å². The fourth-order valence-corrected chi connectivity index (χ4v) is 2.13. The van der Waals surface area contributed by atoms with Gasteiger partial charge in [0.1, 0.15) is 0 Å². The van der Waals surface area contributed by atoms with E-state index in [0.717, 1.165) is 17.9 Å². The van der Waals surface area contributed by atoms with Crippen molar-refractivity contribution in [2.24, 2.45) is 0 Å². The van der Waals surface area contributed by atoms with Gasteiger partial charge in [-0.15, -0.1) is 0 Å². The summed E-state index contributed by atoms with van der Waals surface area (Å²) < 4.78 is 2.02. The number of hydrogen-bond acceptors (Lipinski definition) is 2. The van der Waals surface area contributed by atoms with Gasteiger partial charge in [0.2, 0.25) is 0 Å². The lowest BCUT2D eigenvalue weighted by Crippen LogP contribution is -2.10. The number of nitrogens with zero attached hydrogens (tertiary/aromatic N) is 2. The molecule has 17 heavy (non-hydrogen) atoms. The lowest BCUT2D eigenvalue weighted by molar-refractivity contribution is 0.774. The minimum Gasteiger partial charge on any atom is -0.316 e. The third-order valence-electron chi connectivity index (χ3n) is 2.84. The van der Waals surface area contributed by atoms with Gasteiger partial charge in [0.15, 0.2) is 0 Å². The summed E-state index contributed by atoms with van der Waals surface area (Å²) in [5.41, 5.74) is 5.94. The standard InChI is InChI=1S/C14H19N3/c1-10-5-6-14(13(7-10)9-15-4)17-12(3)8-11(2)16-17/h5-8,15H,9H2,1-4H3.